The van der Waals surface area contributed by atoms with Gasteiger partial charge in [0.15, 0.2) is 5.16 Å². The molecule has 1 aliphatic rings. The van der Waals surface area contributed by atoms with Crippen LogP contribution in [0, 0.1) is 0 Å². The first-order chi connectivity index (χ1) is 11.8. The van der Waals surface area contributed by atoms with Crippen LogP contribution < -0.4 is 5.56 Å². The van der Waals surface area contributed by atoms with Crippen molar-refractivity contribution in [3.8, 4) is 5.69 Å². The Hall–Kier alpha value is -1.63. The molecular weight excluding hydrogens is 340 g/mol. The predicted molar refractivity (Wildman–Crippen MR) is 99.7 cm³/mol. The van der Waals surface area contributed by atoms with Crippen molar-refractivity contribution >= 4 is 33.3 Å². The average Bonchev–Trinajstić information content (AvgIpc) is 2.99. The van der Waals surface area contributed by atoms with Crippen molar-refractivity contribution in [1.82, 2.24) is 9.55 Å². The number of fused-ring (bicyclic) bond motifs is 3. The van der Waals surface area contributed by atoms with E-state index >= 15 is 0 Å². The molecule has 2 heterocycles. The molecule has 1 aliphatic carbocycles. The number of nitrogens with zero attached hydrogens (tertiary/aromatic N) is 2. The molecule has 24 heavy (non-hydrogen) atoms. The molecule has 2 aromatic heterocycles. The molecule has 4 nitrogen and oxygen atoms in total. The summed E-state index contributed by atoms with van der Waals surface area (Å²) in [5.41, 5.74) is 2.06. The molecule has 0 unspecified atom stereocenters. The summed E-state index contributed by atoms with van der Waals surface area (Å²) < 4.78 is 1.70. The van der Waals surface area contributed by atoms with Gasteiger partial charge in [0.2, 0.25) is 0 Å². The lowest BCUT2D eigenvalue weighted by Crippen LogP contribution is -2.22. The van der Waals surface area contributed by atoms with Gasteiger partial charge in [0, 0.05) is 10.6 Å². The second kappa shape index (κ2) is 6.70. The number of aliphatic hydroxyl groups excluding tert-OH is 1. The molecule has 0 saturated carbocycles. The van der Waals surface area contributed by atoms with Crippen LogP contribution in [0.5, 0.6) is 0 Å². The monoisotopic (exact) mass is 358 g/mol. The lowest BCUT2D eigenvalue weighted by atomic mass is 9.97. The smallest absolute Gasteiger partial charge is 0.267 e. The summed E-state index contributed by atoms with van der Waals surface area (Å²) in [6.07, 6.45) is 4.37. The van der Waals surface area contributed by atoms with E-state index in [1.165, 1.54) is 28.6 Å². The maximum atomic E-state index is 13.3. The van der Waals surface area contributed by atoms with E-state index in [0.29, 0.717) is 10.9 Å². The quantitative estimate of drug-likeness (QED) is 0.574. The van der Waals surface area contributed by atoms with Crippen molar-refractivity contribution < 1.29 is 5.11 Å². The van der Waals surface area contributed by atoms with Gasteiger partial charge in [0.05, 0.1) is 17.7 Å². The number of hydrogen-bond donors (Lipinski definition) is 1. The molecule has 1 aromatic carbocycles. The highest BCUT2D eigenvalue weighted by molar-refractivity contribution is 7.99. The van der Waals surface area contributed by atoms with Crippen LogP contribution in [0.25, 0.3) is 15.9 Å². The van der Waals surface area contributed by atoms with Crippen molar-refractivity contribution in [2.75, 3.05) is 12.4 Å². The zero-order chi connectivity index (χ0) is 16.5. The number of para-hydroxylation sites is 1. The number of aromatic nitrogens is 2. The number of aryl methyl sites for hydroxylation is 2. The van der Waals surface area contributed by atoms with Crippen LogP contribution in [-0.2, 0) is 12.8 Å². The number of benzene rings is 1. The molecule has 6 heteroatoms. The van der Waals surface area contributed by atoms with Crippen LogP contribution in [0.4, 0.5) is 0 Å². The lowest BCUT2D eigenvalue weighted by molar-refractivity contribution is 0.322. The van der Waals surface area contributed by atoms with E-state index < -0.39 is 0 Å². The van der Waals surface area contributed by atoms with Gasteiger partial charge in [0.25, 0.3) is 5.56 Å². The van der Waals surface area contributed by atoms with E-state index in [1.807, 2.05) is 30.3 Å². The highest BCUT2D eigenvalue weighted by Gasteiger charge is 2.22. The molecular formula is C18H18N2O2S2. The number of rotatable bonds is 4. The molecule has 0 saturated heterocycles. The molecule has 0 atom stereocenters. The van der Waals surface area contributed by atoms with Gasteiger partial charge in [0.1, 0.15) is 4.83 Å². The maximum absolute atomic E-state index is 13.3. The van der Waals surface area contributed by atoms with Crippen molar-refractivity contribution in [2.24, 2.45) is 0 Å². The summed E-state index contributed by atoms with van der Waals surface area (Å²) in [5.74, 6) is 0.524. The molecule has 3 aromatic rings. The third kappa shape index (κ3) is 2.68. The Morgan fingerprint density at radius 1 is 1.21 bits per heavy atom. The van der Waals surface area contributed by atoms with Crippen LogP contribution in [0.1, 0.15) is 23.3 Å². The van der Waals surface area contributed by atoms with Gasteiger partial charge in [-0.25, -0.2) is 4.98 Å². The van der Waals surface area contributed by atoms with E-state index in [9.17, 15) is 9.90 Å². The lowest BCUT2D eigenvalue weighted by Gasteiger charge is -2.13. The Bertz CT molecular complexity index is 932. The molecule has 0 spiro atoms. The Labute approximate surface area is 148 Å². The predicted octanol–water partition coefficient (Wildman–Crippen LogP) is 3.41. The number of thiophene rings is 1. The van der Waals surface area contributed by atoms with Crippen LogP contribution >= 0.6 is 23.1 Å². The minimum absolute atomic E-state index is 0.0195. The minimum Gasteiger partial charge on any atom is -0.396 e. The molecule has 0 radical (unpaired) electrons. The van der Waals surface area contributed by atoms with E-state index in [1.54, 1.807) is 15.9 Å². The SMILES string of the molecule is O=c1c2c3c(sc2nc(SCCO)n1-c1ccccc1)CCCC3. The third-order valence-electron chi connectivity index (χ3n) is 4.29. The van der Waals surface area contributed by atoms with Gasteiger partial charge >= 0.3 is 0 Å². The normalized spacial score (nSPS) is 14.0. The maximum Gasteiger partial charge on any atom is 0.267 e. The fraction of sp³-hybridized carbons (Fsp3) is 0.333. The van der Waals surface area contributed by atoms with E-state index in [2.05, 4.69) is 0 Å². The summed E-state index contributed by atoms with van der Waals surface area (Å²) in [6.45, 7) is 0.0638. The first kappa shape index (κ1) is 15.9. The zero-order valence-electron chi connectivity index (χ0n) is 13.2. The molecule has 0 aliphatic heterocycles. The number of thioether (sulfide) groups is 1. The fourth-order valence-corrected chi connectivity index (χ4v) is 5.28. The molecule has 124 valence electrons. The van der Waals surface area contributed by atoms with Gasteiger partial charge in [-0.1, -0.05) is 30.0 Å². The van der Waals surface area contributed by atoms with Crippen molar-refractivity contribution in [3.05, 3.63) is 51.1 Å². The summed E-state index contributed by atoms with van der Waals surface area (Å²) >= 11 is 3.09. The summed E-state index contributed by atoms with van der Waals surface area (Å²) in [7, 11) is 0. The molecule has 0 amide bonds. The Morgan fingerprint density at radius 2 is 2.00 bits per heavy atom. The second-order valence-electron chi connectivity index (χ2n) is 5.83. The van der Waals surface area contributed by atoms with Crippen molar-refractivity contribution in [3.63, 3.8) is 0 Å². The second-order valence-corrected chi connectivity index (χ2v) is 7.98. The highest BCUT2D eigenvalue weighted by atomic mass is 32.2. The van der Waals surface area contributed by atoms with E-state index in [0.717, 1.165) is 35.2 Å². The molecule has 4 rings (SSSR count). The minimum atomic E-state index is 0.0195. The largest absolute Gasteiger partial charge is 0.396 e. The number of aliphatic hydroxyl groups is 1. The topological polar surface area (TPSA) is 55.1 Å². The Kier molecular flexibility index (Phi) is 4.43. The van der Waals surface area contributed by atoms with Crippen LogP contribution in [0.15, 0.2) is 40.3 Å². The van der Waals surface area contributed by atoms with Gasteiger partial charge in [-0.2, -0.15) is 0 Å². The molecule has 1 N–H and O–H groups in total. The van der Waals surface area contributed by atoms with Crippen molar-refractivity contribution in [2.45, 2.75) is 30.8 Å². The van der Waals surface area contributed by atoms with Crippen molar-refractivity contribution in [1.29, 1.82) is 0 Å². The van der Waals surface area contributed by atoms with Gasteiger partial charge < -0.3 is 5.11 Å². The average molecular weight is 358 g/mol. The van der Waals surface area contributed by atoms with E-state index in [-0.39, 0.29) is 12.2 Å². The van der Waals surface area contributed by atoms with E-state index in [4.69, 9.17) is 4.98 Å². The van der Waals surface area contributed by atoms with Gasteiger partial charge in [-0.15, -0.1) is 11.3 Å². The standard InChI is InChI=1S/C18H18N2O2S2/c21-10-11-23-18-19-16-15(13-8-4-5-9-14(13)24-16)17(22)20(18)12-6-2-1-3-7-12/h1-3,6-7,21H,4-5,8-11H2. The molecule has 0 bridgehead atoms. The van der Waals surface area contributed by atoms with Crippen LogP contribution in [0.3, 0.4) is 0 Å². The Balaban J connectivity index is 2.00. The van der Waals surface area contributed by atoms with Gasteiger partial charge in [-0.3, -0.25) is 9.36 Å². The Morgan fingerprint density at radius 3 is 2.79 bits per heavy atom. The molecule has 0 fully saturated rings. The zero-order valence-corrected chi connectivity index (χ0v) is 14.8. The summed E-state index contributed by atoms with van der Waals surface area (Å²) in [5, 5.41) is 10.6. The van der Waals surface area contributed by atoms with Gasteiger partial charge in [-0.05, 0) is 43.4 Å². The third-order valence-corrected chi connectivity index (χ3v) is 6.40. The van der Waals surface area contributed by atoms with Crippen LogP contribution in [0.2, 0.25) is 0 Å². The first-order valence-electron chi connectivity index (χ1n) is 8.16. The summed E-state index contributed by atoms with van der Waals surface area (Å²) in [4.78, 5) is 20.3. The number of hydrogen-bond acceptors (Lipinski definition) is 5. The first-order valence-corrected chi connectivity index (χ1v) is 9.96. The van der Waals surface area contributed by atoms with Crippen LogP contribution in [-0.4, -0.2) is 27.0 Å². The highest BCUT2D eigenvalue weighted by Crippen LogP contribution is 2.35. The summed E-state index contributed by atoms with van der Waals surface area (Å²) in [6, 6.07) is 9.64. The fourth-order valence-electron chi connectivity index (χ4n) is 3.22.